The molecule has 1 aliphatic carbocycles. The molecule has 0 aromatic heterocycles. The average Bonchev–Trinajstić information content (AvgIpc) is 2.14. The van der Waals surface area contributed by atoms with Gasteiger partial charge in [-0.15, -0.1) is 0 Å². The predicted molar refractivity (Wildman–Crippen MR) is 56.1 cm³/mol. The number of carbonyl (C=O) groups excluding carboxylic acids is 1. The summed E-state index contributed by atoms with van der Waals surface area (Å²) in [6.45, 7) is 0.172. The van der Waals surface area contributed by atoms with Crippen molar-refractivity contribution in [3.8, 4) is 0 Å². The second-order valence-corrected chi connectivity index (χ2v) is 6.02. The summed E-state index contributed by atoms with van der Waals surface area (Å²) < 4.78 is 27.1. The molecular weight excluding hydrogens is 218 g/mol. The Morgan fingerprint density at radius 3 is 2.73 bits per heavy atom. The lowest BCUT2D eigenvalue weighted by atomic mass is 10.00. The number of ether oxygens (including phenoxy) is 1. The van der Waals surface area contributed by atoms with E-state index in [0.717, 1.165) is 5.57 Å². The topological polar surface area (TPSA) is 86.5 Å². The molecule has 0 aromatic rings. The second kappa shape index (κ2) is 4.65. The smallest absolute Gasteiger partial charge is 0.404 e. The van der Waals surface area contributed by atoms with E-state index in [1.807, 2.05) is 6.08 Å². The third kappa shape index (κ3) is 3.91. The van der Waals surface area contributed by atoms with Gasteiger partial charge in [0.15, 0.2) is 9.84 Å². The monoisotopic (exact) mass is 233 g/mol. The summed E-state index contributed by atoms with van der Waals surface area (Å²) in [6, 6.07) is 0. The van der Waals surface area contributed by atoms with Gasteiger partial charge in [-0.1, -0.05) is 6.08 Å². The molecular formula is C9H15NO4S. The molecule has 1 rings (SSSR count). The van der Waals surface area contributed by atoms with Crippen molar-refractivity contribution in [2.45, 2.75) is 24.5 Å². The van der Waals surface area contributed by atoms with Crippen LogP contribution in [0.15, 0.2) is 11.6 Å². The van der Waals surface area contributed by atoms with Crippen molar-refractivity contribution in [1.82, 2.24) is 0 Å². The number of sulfone groups is 1. The Kier molecular flexibility index (Phi) is 3.73. The fourth-order valence-corrected chi connectivity index (χ4v) is 2.54. The fraction of sp³-hybridized carbons (Fsp3) is 0.667. The number of rotatable bonds is 3. The minimum atomic E-state index is -2.96. The van der Waals surface area contributed by atoms with Gasteiger partial charge in [-0.2, -0.15) is 0 Å². The third-order valence-electron chi connectivity index (χ3n) is 2.46. The van der Waals surface area contributed by atoms with E-state index in [4.69, 9.17) is 5.73 Å². The van der Waals surface area contributed by atoms with Crippen LogP contribution >= 0.6 is 0 Å². The standard InChI is InChI=1S/C9H15NO4S/c1-15(12,13)8-4-2-7(3-5-8)6-14-9(10)11/h2,8H,3-6H2,1H3,(H2,10,11). The van der Waals surface area contributed by atoms with E-state index < -0.39 is 15.9 Å². The maximum atomic E-state index is 11.2. The Bertz CT molecular complexity index is 372. The van der Waals surface area contributed by atoms with Crippen LogP contribution in [0.4, 0.5) is 4.79 Å². The molecule has 0 heterocycles. The molecule has 1 atom stereocenters. The number of nitrogens with two attached hydrogens (primary N) is 1. The Morgan fingerprint density at radius 2 is 2.33 bits per heavy atom. The van der Waals surface area contributed by atoms with Gasteiger partial charge in [0.25, 0.3) is 0 Å². The molecule has 86 valence electrons. The van der Waals surface area contributed by atoms with Gasteiger partial charge in [0, 0.05) is 6.26 Å². The van der Waals surface area contributed by atoms with E-state index in [0.29, 0.717) is 19.3 Å². The van der Waals surface area contributed by atoms with E-state index in [1.165, 1.54) is 6.26 Å². The van der Waals surface area contributed by atoms with Crippen molar-refractivity contribution in [2.75, 3.05) is 12.9 Å². The largest absolute Gasteiger partial charge is 0.445 e. The zero-order chi connectivity index (χ0) is 11.5. The number of carbonyl (C=O) groups is 1. The molecule has 0 aliphatic heterocycles. The predicted octanol–water partition coefficient (Wildman–Crippen LogP) is 0.605. The van der Waals surface area contributed by atoms with Crippen molar-refractivity contribution < 1.29 is 17.9 Å². The molecule has 0 saturated carbocycles. The summed E-state index contributed by atoms with van der Waals surface area (Å²) in [6.07, 6.45) is 3.99. The van der Waals surface area contributed by atoms with Gasteiger partial charge in [-0.3, -0.25) is 0 Å². The normalized spacial score (nSPS) is 21.9. The number of hydrogen-bond acceptors (Lipinski definition) is 4. The molecule has 6 heteroatoms. The first-order chi connectivity index (χ1) is 6.89. The number of allylic oxidation sites excluding steroid dienone is 1. The highest BCUT2D eigenvalue weighted by Gasteiger charge is 2.23. The zero-order valence-corrected chi connectivity index (χ0v) is 9.42. The third-order valence-corrected chi connectivity index (χ3v) is 4.10. The highest BCUT2D eigenvalue weighted by atomic mass is 32.2. The van der Waals surface area contributed by atoms with Gasteiger partial charge >= 0.3 is 6.09 Å². The SMILES string of the molecule is CS(=O)(=O)C1CC=C(COC(N)=O)CC1. The van der Waals surface area contributed by atoms with Crippen LogP contribution in [-0.4, -0.2) is 32.6 Å². The summed E-state index contributed by atoms with van der Waals surface area (Å²) in [5.74, 6) is 0. The Morgan fingerprint density at radius 1 is 1.67 bits per heavy atom. The molecule has 0 bridgehead atoms. The first-order valence-electron chi connectivity index (χ1n) is 4.68. The second-order valence-electron chi connectivity index (χ2n) is 3.70. The Balaban J connectivity index is 2.49. The minimum absolute atomic E-state index is 0.172. The molecule has 1 aliphatic rings. The lowest BCUT2D eigenvalue weighted by molar-refractivity contribution is 0.165. The van der Waals surface area contributed by atoms with E-state index in [1.54, 1.807) is 0 Å². The average molecular weight is 233 g/mol. The summed E-state index contributed by atoms with van der Waals surface area (Å²) in [4.78, 5) is 10.3. The van der Waals surface area contributed by atoms with Gasteiger partial charge in [0.1, 0.15) is 6.61 Å². The van der Waals surface area contributed by atoms with Crippen molar-refractivity contribution in [1.29, 1.82) is 0 Å². The van der Waals surface area contributed by atoms with Crippen LogP contribution in [0.1, 0.15) is 19.3 Å². The van der Waals surface area contributed by atoms with Gasteiger partial charge in [-0.25, -0.2) is 13.2 Å². The quantitative estimate of drug-likeness (QED) is 0.723. The highest BCUT2D eigenvalue weighted by molar-refractivity contribution is 7.91. The molecule has 1 amide bonds. The number of amides is 1. The number of hydrogen-bond donors (Lipinski definition) is 1. The molecule has 0 radical (unpaired) electrons. The summed E-state index contributed by atoms with van der Waals surface area (Å²) >= 11 is 0. The lowest BCUT2D eigenvalue weighted by Crippen LogP contribution is -2.23. The Hall–Kier alpha value is -1.04. The molecule has 15 heavy (non-hydrogen) atoms. The maximum absolute atomic E-state index is 11.2. The van der Waals surface area contributed by atoms with Gasteiger partial charge < -0.3 is 10.5 Å². The van der Waals surface area contributed by atoms with Crippen LogP contribution in [0.2, 0.25) is 0 Å². The van der Waals surface area contributed by atoms with Crippen LogP contribution in [0.3, 0.4) is 0 Å². The van der Waals surface area contributed by atoms with Gasteiger partial charge in [-0.05, 0) is 24.8 Å². The van der Waals surface area contributed by atoms with Crippen molar-refractivity contribution in [3.63, 3.8) is 0 Å². The molecule has 2 N–H and O–H groups in total. The van der Waals surface area contributed by atoms with Crippen molar-refractivity contribution >= 4 is 15.9 Å². The number of primary amides is 1. The molecule has 0 aromatic carbocycles. The fourth-order valence-electron chi connectivity index (χ4n) is 1.55. The van der Waals surface area contributed by atoms with E-state index >= 15 is 0 Å². The van der Waals surface area contributed by atoms with E-state index in [9.17, 15) is 13.2 Å². The van der Waals surface area contributed by atoms with Crippen LogP contribution in [0.5, 0.6) is 0 Å². The van der Waals surface area contributed by atoms with Gasteiger partial charge in [0.2, 0.25) is 0 Å². The van der Waals surface area contributed by atoms with E-state index in [2.05, 4.69) is 4.74 Å². The lowest BCUT2D eigenvalue weighted by Gasteiger charge is -2.19. The molecule has 5 nitrogen and oxygen atoms in total. The Labute approximate surface area is 89.2 Å². The first-order valence-corrected chi connectivity index (χ1v) is 6.64. The molecule has 1 unspecified atom stereocenters. The summed E-state index contributed by atoms with van der Waals surface area (Å²) in [5, 5.41) is -0.296. The van der Waals surface area contributed by atoms with Crippen LogP contribution in [0.25, 0.3) is 0 Å². The zero-order valence-electron chi connectivity index (χ0n) is 8.60. The maximum Gasteiger partial charge on any atom is 0.404 e. The van der Waals surface area contributed by atoms with Crippen LogP contribution in [-0.2, 0) is 14.6 Å². The van der Waals surface area contributed by atoms with Crippen LogP contribution < -0.4 is 5.73 Å². The molecule has 0 saturated heterocycles. The van der Waals surface area contributed by atoms with Crippen molar-refractivity contribution in [3.05, 3.63) is 11.6 Å². The summed E-state index contributed by atoms with van der Waals surface area (Å²) in [7, 11) is -2.96. The highest BCUT2D eigenvalue weighted by Crippen LogP contribution is 2.23. The molecule has 0 spiro atoms. The molecule has 0 fully saturated rings. The van der Waals surface area contributed by atoms with Crippen molar-refractivity contribution in [2.24, 2.45) is 5.73 Å². The first kappa shape index (κ1) is 12.0. The summed E-state index contributed by atoms with van der Waals surface area (Å²) in [5.41, 5.74) is 5.76. The van der Waals surface area contributed by atoms with Gasteiger partial charge in [0.05, 0.1) is 5.25 Å². The minimum Gasteiger partial charge on any atom is -0.445 e. The van der Waals surface area contributed by atoms with E-state index in [-0.39, 0.29) is 11.9 Å². The van der Waals surface area contributed by atoms with Crippen LogP contribution in [0, 0.1) is 0 Å².